The number of carbonyl (C=O) groups excluding carboxylic acids is 1. The van der Waals surface area contributed by atoms with Crippen LogP contribution in [0.4, 0.5) is 5.95 Å². The fraction of sp³-hybridized carbons (Fsp3) is 0.545. The molecule has 0 atom stereocenters. The molecule has 0 saturated carbocycles. The van der Waals surface area contributed by atoms with Gasteiger partial charge >= 0.3 is 0 Å². The molecule has 0 aliphatic heterocycles. The third kappa shape index (κ3) is 5.49. The Bertz CT molecular complexity index is 542. The largest absolute Gasteiger partial charge is 0.368 e. The normalized spacial score (nSPS) is 11.6. The zero-order chi connectivity index (χ0) is 15.2. The molecule has 0 aromatic carbocycles. The second-order valence-electron chi connectivity index (χ2n) is 4.62. The molecule has 0 bridgehead atoms. The Morgan fingerprint density at radius 1 is 1.35 bits per heavy atom. The number of hydrogen-bond acceptors (Lipinski definition) is 6. The Kier molecular flexibility index (Phi) is 5.83. The highest BCUT2D eigenvalue weighted by Gasteiger charge is 2.15. The summed E-state index contributed by atoms with van der Waals surface area (Å²) in [7, 11) is -3.71. The first-order valence-electron chi connectivity index (χ1n) is 6.15. The number of amides is 1. The van der Waals surface area contributed by atoms with Crippen molar-refractivity contribution in [1.29, 1.82) is 0 Å². The summed E-state index contributed by atoms with van der Waals surface area (Å²) in [6, 6.07) is 0. The Labute approximate surface area is 118 Å². The maximum absolute atomic E-state index is 11.8. The molecule has 0 spiro atoms. The molecule has 8 nitrogen and oxygen atoms in total. The Morgan fingerprint density at radius 2 is 1.95 bits per heavy atom. The fourth-order valence-corrected chi connectivity index (χ4v) is 2.17. The molecular weight excluding hydrogens is 282 g/mol. The van der Waals surface area contributed by atoms with Crippen molar-refractivity contribution in [2.45, 2.75) is 25.2 Å². The van der Waals surface area contributed by atoms with Crippen LogP contribution < -0.4 is 15.8 Å². The molecule has 20 heavy (non-hydrogen) atoms. The highest BCUT2D eigenvalue weighted by atomic mass is 32.2. The average Bonchev–Trinajstić information content (AvgIpc) is 2.36. The van der Waals surface area contributed by atoms with Crippen molar-refractivity contribution in [1.82, 2.24) is 20.0 Å². The minimum absolute atomic E-state index is 0.00277. The quantitative estimate of drug-likeness (QED) is 0.623. The summed E-state index contributed by atoms with van der Waals surface area (Å²) in [4.78, 5) is 18.6. The van der Waals surface area contributed by atoms with Crippen molar-refractivity contribution in [3.8, 4) is 0 Å². The molecule has 1 heterocycles. The molecule has 0 fully saturated rings. The highest BCUT2D eigenvalue weighted by Crippen LogP contribution is 2.05. The van der Waals surface area contributed by atoms with Gasteiger partial charge in [0.05, 0.1) is 12.4 Å². The maximum atomic E-state index is 11.8. The van der Waals surface area contributed by atoms with Gasteiger partial charge in [0, 0.05) is 19.5 Å². The molecule has 112 valence electrons. The standard InChI is InChI=1S/C11H19N5O3S/c1-8(2)5-13-10(17)3-4-16-20(18,19)9-6-14-11(12)15-7-9/h6-8,16H,3-5H2,1-2H3,(H,13,17)(H2,12,14,15). The molecule has 0 radical (unpaired) electrons. The van der Waals surface area contributed by atoms with Crippen LogP contribution in [-0.4, -0.2) is 37.4 Å². The van der Waals surface area contributed by atoms with Gasteiger partial charge in [-0.2, -0.15) is 0 Å². The van der Waals surface area contributed by atoms with Gasteiger partial charge in [-0.3, -0.25) is 4.79 Å². The topological polar surface area (TPSA) is 127 Å². The van der Waals surface area contributed by atoms with Crippen LogP contribution >= 0.6 is 0 Å². The van der Waals surface area contributed by atoms with E-state index in [1.165, 1.54) is 0 Å². The van der Waals surface area contributed by atoms with Gasteiger partial charge in [0.25, 0.3) is 0 Å². The molecule has 0 aliphatic carbocycles. The molecule has 1 aromatic heterocycles. The summed E-state index contributed by atoms with van der Waals surface area (Å²) in [6.07, 6.45) is 2.30. The molecule has 1 aromatic rings. The first-order valence-corrected chi connectivity index (χ1v) is 7.63. The van der Waals surface area contributed by atoms with Crippen molar-refractivity contribution in [2.75, 3.05) is 18.8 Å². The van der Waals surface area contributed by atoms with Crippen molar-refractivity contribution < 1.29 is 13.2 Å². The average molecular weight is 301 g/mol. The van der Waals surface area contributed by atoms with Crippen LogP contribution in [0, 0.1) is 5.92 Å². The van der Waals surface area contributed by atoms with E-state index in [2.05, 4.69) is 20.0 Å². The van der Waals surface area contributed by atoms with Gasteiger partial charge in [-0.05, 0) is 5.92 Å². The molecule has 4 N–H and O–H groups in total. The lowest BCUT2D eigenvalue weighted by molar-refractivity contribution is -0.121. The molecule has 9 heteroatoms. The van der Waals surface area contributed by atoms with Crippen molar-refractivity contribution in [3.63, 3.8) is 0 Å². The van der Waals surface area contributed by atoms with Gasteiger partial charge < -0.3 is 11.1 Å². The number of carbonyl (C=O) groups is 1. The van der Waals surface area contributed by atoms with E-state index < -0.39 is 10.0 Å². The van der Waals surface area contributed by atoms with Gasteiger partial charge in [-0.25, -0.2) is 23.1 Å². The summed E-state index contributed by atoms with van der Waals surface area (Å²) in [5.41, 5.74) is 5.28. The van der Waals surface area contributed by atoms with E-state index in [4.69, 9.17) is 5.73 Å². The smallest absolute Gasteiger partial charge is 0.243 e. The van der Waals surface area contributed by atoms with Crippen molar-refractivity contribution >= 4 is 21.9 Å². The van der Waals surface area contributed by atoms with Gasteiger partial charge in [-0.1, -0.05) is 13.8 Å². The van der Waals surface area contributed by atoms with Gasteiger partial charge in [0.15, 0.2) is 0 Å². The Morgan fingerprint density at radius 3 is 2.50 bits per heavy atom. The van der Waals surface area contributed by atoms with E-state index in [9.17, 15) is 13.2 Å². The summed E-state index contributed by atoms with van der Waals surface area (Å²) in [5, 5.41) is 2.70. The molecule has 0 unspecified atom stereocenters. The van der Waals surface area contributed by atoms with E-state index in [-0.39, 0.29) is 29.7 Å². The number of hydrogen-bond donors (Lipinski definition) is 3. The minimum atomic E-state index is -3.71. The van der Waals surface area contributed by atoms with Gasteiger partial charge in [-0.15, -0.1) is 0 Å². The lowest BCUT2D eigenvalue weighted by Crippen LogP contribution is -2.32. The number of aromatic nitrogens is 2. The highest BCUT2D eigenvalue weighted by molar-refractivity contribution is 7.89. The molecule has 1 rings (SSSR count). The molecule has 0 aliphatic rings. The third-order valence-corrected chi connectivity index (χ3v) is 3.73. The summed E-state index contributed by atoms with van der Waals surface area (Å²) in [6.45, 7) is 4.53. The summed E-state index contributed by atoms with van der Waals surface area (Å²) < 4.78 is 26.0. The number of sulfonamides is 1. The van der Waals surface area contributed by atoms with Crippen LogP contribution in [0.3, 0.4) is 0 Å². The van der Waals surface area contributed by atoms with E-state index in [1.54, 1.807) is 0 Å². The maximum Gasteiger partial charge on any atom is 0.243 e. The van der Waals surface area contributed by atoms with E-state index in [0.29, 0.717) is 12.5 Å². The Balaban J connectivity index is 2.44. The SMILES string of the molecule is CC(C)CNC(=O)CCNS(=O)(=O)c1cnc(N)nc1. The van der Waals surface area contributed by atoms with E-state index >= 15 is 0 Å². The number of rotatable bonds is 7. The van der Waals surface area contributed by atoms with E-state index in [0.717, 1.165) is 12.4 Å². The van der Waals surface area contributed by atoms with E-state index in [1.807, 2.05) is 13.8 Å². The lowest BCUT2D eigenvalue weighted by atomic mass is 10.2. The number of nitrogens with zero attached hydrogens (tertiary/aromatic N) is 2. The van der Waals surface area contributed by atoms with Crippen LogP contribution in [0.25, 0.3) is 0 Å². The molecular formula is C11H19N5O3S. The van der Waals surface area contributed by atoms with Crippen LogP contribution in [0.5, 0.6) is 0 Å². The Hall–Kier alpha value is -1.74. The molecule has 1 amide bonds. The second-order valence-corrected chi connectivity index (χ2v) is 6.39. The van der Waals surface area contributed by atoms with Crippen molar-refractivity contribution in [2.24, 2.45) is 5.92 Å². The second kappa shape index (κ2) is 7.15. The lowest BCUT2D eigenvalue weighted by Gasteiger charge is -2.08. The van der Waals surface area contributed by atoms with Crippen LogP contribution in [-0.2, 0) is 14.8 Å². The van der Waals surface area contributed by atoms with Crippen LogP contribution in [0.1, 0.15) is 20.3 Å². The summed E-state index contributed by atoms with van der Waals surface area (Å²) in [5.74, 6) is 0.148. The zero-order valence-electron chi connectivity index (χ0n) is 11.5. The number of anilines is 1. The number of nitrogens with one attached hydrogen (secondary N) is 2. The third-order valence-electron chi connectivity index (χ3n) is 2.31. The van der Waals surface area contributed by atoms with Gasteiger partial charge in [0.2, 0.25) is 21.9 Å². The first kappa shape index (κ1) is 16.3. The summed E-state index contributed by atoms with van der Waals surface area (Å²) >= 11 is 0. The van der Waals surface area contributed by atoms with Crippen molar-refractivity contribution in [3.05, 3.63) is 12.4 Å². The zero-order valence-corrected chi connectivity index (χ0v) is 12.3. The predicted octanol–water partition coefficient (Wildman–Crippen LogP) is -0.501. The predicted molar refractivity (Wildman–Crippen MR) is 74.1 cm³/mol. The van der Waals surface area contributed by atoms with Crippen LogP contribution in [0.15, 0.2) is 17.3 Å². The fourth-order valence-electron chi connectivity index (χ4n) is 1.25. The minimum Gasteiger partial charge on any atom is -0.368 e. The first-order chi connectivity index (χ1) is 9.31. The number of nitrogens with two attached hydrogens (primary N) is 1. The van der Waals surface area contributed by atoms with Gasteiger partial charge in [0.1, 0.15) is 4.90 Å². The molecule has 0 saturated heterocycles. The monoisotopic (exact) mass is 301 g/mol. The van der Waals surface area contributed by atoms with Crippen LogP contribution in [0.2, 0.25) is 0 Å². The number of nitrogen functional groups attached to an aromatic ring is 1.